The molecule has 0 spiro atoms. The minimum Gasteiger partial charge on any atom is -0.480 e. The Kier molecular flexibility index (Phi) is 5.61. The van der Waals surface area contributed by atoms with Crippen molar-refractivity contribution in [2.45, 2.75) is 52.6 Å². The molecule has 0 radical (unpaired) electrons. The van der Waals surface area contributed by atoms with Crippen molar-refractivity contribution in [1.29, 1.82) is 0 Å². The van der Waals surface area contributed by atoms with E-state index in [1.165, 1.54) is 11.9 Å². The molecule has 0 heterocycles. The van der Waals surface area contributed by atoms with Gasteiger partial charge >= 0.3 is 5.97 Å². The normalized spacial score (nSPS) is 15.2. The van der Waals surface area contributed by atoms with Crippen LogP contribution in [0.25, 0.3) is 0 Å². The van der Waals surface area contributed by atoms with Gasteiger partial charge in [-0.25, -0.2) is 4.79 Å². The third kappa shape index (κ3) is 4.73. The SMILES string of the molecule is CCC(C(=O)O)N(C)C(=O)CC(N)C(C)(C)C. The summed E-state index contributed by atoms with van der Waals surface area (Å²) >= 11 is 0. The smallest absolute Gasteiger partial charge is 0.326 e. The van der Waals surface area contributed by atoms with E-state index in [1.54, 1.807) is 6.92 Å². The van der Waals surface area contributed by atoms with E-state index in [0.717, 1.165) is 0 Å². The summed E-state index contributed by atoms with van der Waals surface area (Å²) in [5.74, 6) is -1.20. The Morgan fingerprint density at radius 3 is 2.12 bits per heavy atom. The van der Waals surface area contributed by atoms with Crippen LogP contribution in [0.5, 0.6) is 0 Å². The number of carbonyl (C=O) groups is 2. The Labute approximate surface area is 103 Å². The molecule has 2 atom stereocenters. The number of hydrogen-bond donors (Lipinski definition) is 2. The van der Waals surface area contributed by atoms with Crippen molar-refractivity contribution in [1.82, 2.24) is 4.90 Å². The number of likely N-dealkylation sites (N-methyl/N-ethyl adjacent to an activating group) is 1. The van der Waals surface area contributed by atoms with Gasteiger partial charge in [0.15, 0.2) is 0 Å². The molecule has 5 nitrogen and oxygen atoms in total. The fourth-order valence-electron chi connectivity index (χ4n) is 1.43. The molecule has 0 aromatic carbocycles. The predicted molar refractivity (Wildman–Crippen MR) is 66.5 cm³/mol. The Hall–Kier alpha value is -1.10. The van der Waals surface area contributed by atoms with Gasteiger partial charge in [0.2, 0.25) is 5.91 Å². The number of carbonyl (C=O) groups excluding carboxylic acids is 1. The first-order chi connectivity index (χ1) is 7.61. The van der Waals surface area contributed by atoms with Crippen LogP contribution in [0.1, 0.15) is 40.5 Å². The Bertz CT molecular complexity index is 284. The lowest BCUT2D eigenvalue weighted by atomic mass is 9.85. The van der Waals surface area contributed by atoms with Gasteiger partial charge in [0.25, 0.3) is 0 Å². The van der Waals surface area contributed by atoms with E-state index < -0.39 is 12.0 Å². The van der Waals surface area contributed by atoms with E-state index in [1.807, 2.05) is 20.8 Å². The molecule has 0 aromatic heterocycles. The molecule has 1 amide bonds. The van der Waals surface area contributed by atoms with E-state index in [-0.39, 0.29) is 23.8 Å². The van der Waals surface area contributed by atoms with Crippen molar-refractivity contribution in [2.24, 2.45) is 11.1 Å². The standard InChI is InChI=1S/C12H24N2O3/c1-6-8(11(16)17)14(5)10(15)7-9(13)12(2,3)4/h8-9H,6-7,13H2,1-5H3,(H,16,17). The highest BCUT2D eigenvalue weighted by Gasteiger charge is 2.29. The molecule has 0 aromatic rings. The molecule has 0 aliphatic rings. The molecule has 5 heteroatoms. The largest absolute Gasteiger partial charge is 0.480 e. The lowest BCUT2D eigenvalue weighted by molar-refractivity contribution is -0.149. The van der Waals surface area contributed by atoms with Gasteiger partial charge in [0.05, 0.1) is 0 Å². The second-order valence-electron chi connectivity index (χ2n) is 5.44. The highest BCUT2D eigenvalue weighted by molar-refractivity contribution is 5.83. The van der Waals surface area contributed by atoms with Crippen molar-refractivity contribution in [3.63, 3.8) is 0 Å². The second-order valence-corrected chi connectivity index (χ2v) is 5.44. The van der Waals surface area contributed by atoms with Crippen LogP contribution in [-0.2, 0) is 9.59 Å². The molecule has 3 N–H and O–H groups in total. The molecule has 17 heavy (non-hydrogen) atoms. The average Bonchev–Trinajstić information content (AvgIpc) is 2.16. The molecule has 0 aliphatic carbocycles. The van der Waals surface area contributed by atoms with E-state index in [0.29, 0.717) is 6.42 Å². The van der Waals surface area contributed by atoms with Crippen LogP contribution in [0.15, 0.2) is 0 Å². The van der Waals surface area contributed by atoms with Crippen molar-refractivity contribution in [2.75, 3.05) is 7.05 Å². The number of nitrogens with two attached hydrogens (primary N) is 1. The van der Waals surface area contributed by atoms with Gasteiger partial charge in [-0.3, -0.25) is 4.79 Å². The third-order valence-electron chi connectivity index (χ3n) is 3.04. The van der Waals surface area contributed by atoms with E-state index in [4.69, 9.17) is 10.8 Å². The summed E-state index contributed by atoms with van der Waals surface area (Å²) in [4.78, 5) is 24.1. The van der Waals surface area contributed by atoms with Gasteiger partial charge in [-0.15, -0.1) is 0 Å². The highest BCUT2D eigenvalue weighted by atomic mass is 16.4. The number of carboxylic acid groups (broad SMARTS) is 1. The second kappa shape index (κ2) is 6.00. The number of rotatable bonds is 5. The predicted octanol–water partition coefficient (Wildman–Crippen LogP) is 1.07. The molecule has 0 aliphatic heterocycles. The minimum atomic E-state index is -0.979. The van der Waals surface area contributed by atoms with Gasteiger partial charge in [0, 0.05) is 19.5 Å². The number of carboxylic acids is 1. The molecule has 0 saturated carbocycles. The Morgan fingerprint density at radius 1 is 1.35 bits per heavy atom. The zero-order valence-electron chi connectivity index (χ0n) is 11.4. The molecule has 0 saturated heterocycles. The minimum absolute atomic E-state index is 0.165. The lowest BCUT2D eigenvalue weighted by Crippen LogP contribution is -2.46. The maximum atomic E-state index is 11.9. The quantitative estimate of drug-likeness (QED) is 0.757. The Morgan fingerprint density at radius 2 is 1.82 bits per heavy atom. The van der Waals surface area contributed by atoms with E-state index in [2.05, 4.69) is 0 Å². The van der Waals surface area contributed by atoms with Crippen LogP contribution < -0.4 is 5.73 Å². The first-order valence-corrected chi connectivity index (χ1v) is 5.85. The summed E-state index contributed by atoms with van der Waals surface area (Å²) in [5.41, 5.74) is 5.75. The monoisotopic (exact) mass is 244 g/mol. The third-order valence-corrected chi connectivity index (χ3v) is 3.04. The highest BCUT2D eigenvalue weighted by Crippen LogP contribution is 2.20. The fourth-order valence-corrected chi connectivity index (χ4v) is 1.43. The van der Waals surface area contributed by atoms with E-state index in [9.17, 15) is 9.59 Å². The Balaban J connectivity index is 4.56. The summed E-state index contributed by atoms with van der Waals surface area (Å²) in [7, 11) is 1.51. The van der Waals surface area contributed by atoms with Crippen LogP contribution in [-0.4, -0.2) is 41.0 Å². The van der Waals surface area contributed by atoms with Crippen LogP contribution in [0, 0.1) is 5.41 Å². The summed E-state index contributed by atoms with van der Waals surface area (Å²) in [6.07, 6.45) is 0.562. The van der Waals surface area contributed by atoms with Crippen LogP contribution >= 0.6 is 0 Å². The summed E-state index contributed by atoms with van der Waals surface area (Å²) in [6, 6.07) is -1.04. The average molecular weight is 244 g/mol. The van der Waals surface area contributed by atoms with Gasteiger partial charge in [-0.1, -0.05) is 27.7 Å². The maximum absolute atomic E-state index is 11.9. The molecule has 100 valence electrons. The van der Waals surface area contributed by atoms with Crippen LogP contribution in [0.4, 0.5) is 0 Å². The van der Waals surface area contributed by atoms with Crippen molar-refractivity contribution in [3.8, 4) is 0 Å². The topological polar surface area (TPSA) is 83.6 Å². The molecule has 0 fully saturated rings. The number of hydrogen-bond acceptors (Lipinski definition) is 3. The van der Waals surface area contributed by atoms with Gasteiger partial charge in [0.1, 0.15) is 6.04 Å². The summed E-state index contributed by atoms with van der Waals surface area (Å²) in [5, 5.41) is 8.96. The van der Waals surface area contributed by atoms with Gasteiger partial charge < -0.3 is 15.7 Å². The lowest BCUT2D eigenvalue weighted by Gasteiger charge is -2.30. The molecule has 2 unspecified atom stereocenters. The summed E-state index contributed by atoms with van der Waals surface area (Å²) < 4.78 is 0. The van der Waals surface area contributed by atoms with E-state index >= 15 is 0 Å². The van der Waals surface area contributed by atoms with Crippen molar-refractivity contribution < 1.29 is 14.7 Å². The summed E-state index contributed by atoms with van der Waals surface area (Å²) in [6.45, 7) is 7.62. The number of nitrogens with zero attached hydrogens (tertiary/aromatic N) is 1. The maximum Gasteiger partial charge on any atom is 0.326 e. The zero-order chi connectivity index (χ0) is 13.8. The molecular weight excluding hydrogens is 220 g/mol. The van der Waals surface area contributed by atoms with Crippen molar-refractivity contribution >= 4 is 11.9 Å². The fraction of sp³-hybridized carbons (Fsp3) is 0.833. The van der Waals surface area contributed by atoms with Crippen molar-refractivity contribution in [3.05, 3.63) is 0 Å². The van der Waals surface area contributed by atoms with Gasteiger partial charge in [-0.05, 0) is 11.8 Å². The molecular formula is C12H24N2O3. The molecule has 0 bridgehead atoms. The van der Waals surface area contributed by atoms with Crippen LogP contribution in [0.2, 0.25) is 0 Å². The first kappa shape index (κ1) is 15.9. The van der Waals surface area contributed by atoms with Gasteiger partial charge in [-0.2, -0.15) is 0 Å². The molecule has 0 rings (SSSR count). The first-order valence-electron chi connectivity index (χ1n) is 5.85. The number of aliphatic carboxylic acids is 1. The zero-order valence-corrected chi connectivity index (χ0v) is 11.4. The number of amides is 1. The van der Waals surface area contributed by atoms with Crippen LogP contribution in [0.3, 0.4) is 0 Å².